The van der Waals surface area contributed by atoms with Gasteiger partial charge >= 0.3 is 0 Å². The number of carbonyl (C=O) groups is 1. The van der Waals surface area contributed by atoms with Crippen LogP contribution in [-0.4, -0.2) is 76.4 Å². The molecule has 0 radical (unpaired) electrons. The lowest BCUT2D eigenvalue weighted by Crippen LogP contribution is -2.46. The lowest BCUT2D eigenvalue weighted by molar-refractivity contribution is -0.127. The largest absolute Gasteiger partial charge is 0.381 e. The Bertz CT molecular complexity index is 723. The van der Waals surface area contributed by atoms with Crippen molar-refractivity contribution in [2.45, 2.75) is 44.6 Å². The van der Waals surface area contributed by atoms with Crippen molar-refractivity contribution in [1.29, 1.82) is 0 Å². The Labute approximate surface area is 209 Å². The number of aliphatic imine (C=N–C) groups is 1. The Morgan fingerprint density at radius 1 is 1.19 bits per heavy atom. The Morgan fingerprint density at radius 3 is 2.69 bits per heavy atom. The molecule has 1 aliphatic heterocycles. The number of nitrogens with one attached hydrogen (secondary N) is 2. The summed E-state index contributed by atoms with van der Waals surface area (Å²) in [5, 5.41) is 6.94. The molecule has 2 N–H and O–H groups in total. The van der Waals surface area contributed by atoms with Crippen molar-refractivity contribution >= 4 is 35.8 Å². The number of ether oxygens (including phenoxy) is 2. The molecule has 0 spiro atoms. The van der Waals surface area contributed by atoms with Gasteiger partial charge in [0.25, 0.3) is 0 Å². The molecule has 0 bridgehead atoms. The first-order valence-corrected chi connectivity index (χ1v) is 11.6. The Balaban J connectivity index is 0.00000363. The van der Waals surface area contributed by atoms with Crippen LogP contribution in [0.1, 0.15) is 36.8 Å². The first-order valence-electron chi connectivity index (χ1n) is 11.6. The molecule has 1 aliphatic carbocycles. The van der Waals surface area contributed by atoms with Gasteiger partial charge in [-0.2, -0.15) is 0 Å². The van der Waals surface area contributed by atoms with Crippen molar-refractivity contribution in [3.63, 3.8) is 0 Å². The molecule has 1 aromatic rings. The van der Waals surface area contributed by atoms with Crippen LogP contribution in [0.4, 0.5) is 0 Å². The summed E-state index contributed by atoms with van der Waals surface area (Å²) >= 11 is 0. The maximum atomic E-state index is 12.0. The van der Waals surface area contributed by atoms with Crippen LogP contribution in [0.2, 0.25) is 0 Å². The van der Waals surface area contributed by atoms with Gasteiger partial charge in [0, 0.05) is 53.1 Å². The zero-order chi connectivity index (χ0) is 21.9. The second kappa shape index (κ2) is 14.7. The summed E-state index contributed by atoms with van der Waals surface area (Å²) in [7, 11) is 3.51. The Hall–Kier alpha value is -1.39. The average molecular weight is 559 g/mol. The number of likely N-dealkylation sites (N-methyl/N-ethyl adjacent to an activating group) is 1. The van der Waals surface area contributed by atoms with Crippen LogP contribution in [0.25, 0.3) is 0 Å². The van der Waals surface area contributed by atoms with E-state index in [-0.39, 0.29) is 36.4 Å². The molecule has 1 atom stereocenters. The Morgan fingerprint density at radius 2 is 1.94 bits per heavy atom. The van der Waals surface area contributed by atoms with E-state index in [2.05, 4.69) is 39.9 Å². The van der Waals surface area contributed by atoms with E-state index in [0.717, 1.165) is 71.5 Å². The van der Waals surface area contributed by atoms with Gasteiger partial charge in [0.15, 0.2) is 5.96 Å². The smallest absolute Gasteiger partial charge is 0.243 e. The van der Waals surface area contributed by atoms with Gasteiger partial charge in [-0.15, -0.1) is 24.0 Å². The third-order valence-corrected chi connectivity index (χ3v) is 6.01. The maximum Gasteiger partial charge on any atom is 0.243 e. The molecule has 2 aliphatic rings. The number of halogens is 1. The van der Waals surface area contributed by atoms with E-state index >= 15 is 0 Å². The molecule has 180 valence electrons. The lowest BCUT2D eigenvalue weighted by atomic mass is 9.88. The number of guanidine groups is 1. The molecule has 0 saturated carbocycles. The van der Waals surface area contributed by atoms with Gasteiger partial charge in [0.1, 0.15) is 6.54 Å². The van der Waals surface area contributed by atoms with E-state index in [1.54, 1.807) is 19.0 Å². The normalized spacial score (nSPS) is 18.9. The molecule has 1 unspecified atom stereocenters. The minimum absolute atomic E-state index is 0. The summed E-state index contributed by atoms with van der Waals surface area (Å²) in [6.07, 6.45) is 6.21. The number of aryl methyl sites for hydroxylation is 1. The summed E-state index contributed by atoms with van der Waals surface area (Å²) in [5.74, 6) is 1.34. The fourth-order valence-electron chi connectivity index (χ4n) is 4.00. The Kier molecular flexibility index (Phi) is 12.3. The minimum Gasteiger partial charge on any atom is -0.381 e. The number of nitrogens with zero attached hydrogens (tertiary/aromatic N) is 2. The monoisotopic (exact) mass is 558 g/mol. The molecule has 1 saturated heterocycles. The van der Waals surface area contributed by atoms with Crippen molar-refractivity contribution in [3.05, 3.63) is 35.4 Å². The van der Waals surface area contributed by atoms with Crippen molar-refractivity contribution in [2.24, 2.45) is 10.9 Å². The van der Waals surface area contributed by atoms with Crippen LogP contribution in [0.3, 0.4) is 0 Å². The zero-order valence-corrected chi connectivity index (χ0v) is 21.8. The number of rotatable bonds is 9. The third kappa shape index (κ3) is 9.23. The molecular formula is C24H39IN4O3. The van der Waals surface area contributed by atoms with Gasteiger partial charge in [-0.3, -0.25) is 4.79 Å². The number of hydrogen-bond donors (Lipinski definition) is 2. The van der Waals surface area contributed by atoms with Crippen LogP contribution >= 0.6 is 24.0 Å². The molecule has 1 amide bonds. The molecular weight excluding hydrogens is 519 g/mol. The standard InChI is InChI=1S/C24H38N4O3.HI/c1-28(2)23(29)17-26-24(25-12-5-13-31-18-19-10-14-30-15-11-19)27-22-9-8-20-6-3-4-7-21(20)16-22;/h3-4,6-7,19,22H,5,8-18H2,1-2H3,(H2,25,26,27);1H. The first kappa shape index (κ1) is 26.9. The van der Waals surface area contributed by atoms with Crippen molar-refractivity contribution in [2.75, 3.05) is 53.6 Å². The molecule has 32 heavy (non-hydrogen) atoms. The predicted octanol–water partition coefficient (Wildman–Crippen LogP) is 2.62. The number of amides is 1. The number of benzene rings is 1. The lowest BCUT2D eigenvalue weighted by Gasteiger charge is -2.27. The highest BCUT2D eigenvalue weighted by molar-refractivity contribution is 14.0. The number of fused-ring (bicyclic) bond motifs is 1. The highest BCUT2D eigenvalue weighted by Crippen LogP contribution is 2.21. The molecule has 1 aromatic carbocycles. The second-order valence-corrected chi connectivity index (χ2v) is 8.72. The summed E-state index contributed by atoms with van der Waals surface area (Å²) in [6.45, 7) is 4.17. The van der Waals surface area contributed by atoms with E-state index in [9.17, 15) is 4.79 Å². The van der Waals surface area contributed by atoms with Gasteiger partial charge in [-0.25, -0.2) is 4.99 Å². The van der Waals surface area contributed by atoms with E-state index < -0.39 is 0 Å². The summed E-state index contributed by atoms with van der Waals surface area (Å²) in [6, 6.07) is 8.95. The van der Waals surface area contributed by atoms with E-state index in [0.29, 0.717) is 17.9 Å². The average Bonchev–Trinajstić information content (AvgIpc) is 2.79. The third-order valence-electron chi connectivity index (χ3n) is 6.01. The highest BCUT2D eigenvalue weighted by atomic mass is 127. The van der Waals surface area contributed by atoms with Gasteiger partial charge in [0.05, 0.1) is 0 Å². The number of carbonyl (C=O) groups excluding carboxylic acids is 1. The van der Waals surface area contributed by atoms with Crippen molar-refractivity contribution in [3.8, 4) is 0 Å². The van der Waals surface area contributed by atoms with Gasteiger partial charge in [-0.1, -0.05) is 24.3 Å². The fraction of sp³-hybridized carbons (Fsp3) is 0.667. The molecule has 0 aromatic heterocycles. The predicted molar refractivity (Wildman–Crippen MR) is 139 cm³/mol. The van der Waals surface area contributed by atoms with Crippen LogP contribution in [0, 0.1) is 5.92 Å². The SMILES string of the molecule is CN(C)C(=O)CN=C(NCCCOCC1CCOCC1)NC1CCc2ccccc2C1.I. The molecule has 1 fully saturated rings. The van der Waals surface area contributed by atoms with Gasteiger partial charge in [-0.05, 0) is 55.6 Å². The van der Waals surface area contributed by atoms with Crippen LogP contribution in [0.15, 0.2) is 29.3 Å². The van der Waals surface area contributed by atoms with Crippen LogP contribution < -0.4 is 10.6 Å². The van der Waals surface area contributed by atoms with Gasteiger partial charge < -0.3 is 25.0 Å². The first-order chi connectivity index (χ1) is 15.1. The molecule has 3 rings (SSSR count). The van der Waals surface area contributed by atoms with Crippen LogP contribution in [0.5, 0.6) is 0 Å². The molecule has 1 heterocycles. The number of hydrogen-bond acceptors (Lipinski definition) is 4. The highest BCUT2D eigenvalue weighted by Gasteiger charge is 2.19. The van der Waals surface area contributed by atoms with Crippen molar-refractivity contribution < 1.29 is 14.3 Å². The fourth-order valence-corrected chi connectivity index (χ4v) is 4.00. The quantitative estimate of drug-likeness (QED) is 0.211. The maximum absolute atomic E-state index is 12.0. The molecule has 8 heteroatoms. The van der Waals surface area contributed by atoms with E-state index in [1.807, 2.05) is 0 Å². The summed E-state index contributed by atoms with van der Waals surface area (Å²) < 4.78 is 11.3. The van der Waals surface area contributed by atoms with E-state index in [4.69, 9.17) is 9.47 Å². The topological polar surface area (TPSA) is 75.2 Å². The van der Waals surface area contributed by atoms with Crippen molar-refractivity contribution in [1.82, 2.24) is 15.5 Å². The van der Waals surface area contributed by atoms with Gasteiger partial charge in [0.2, 0.25) is 5.91 Å². The zero-order valence-electron chi connectivity index (χ0n) is 19.5. The molecule has 7 nitrogen and oxygen atoms in total. The minimum atomic E-state index is -0.00474. The second-order valence-electron chi connectivity index (χ2n) is 8.72. The van der Waals surface area contributed by atoms with E-state index in [1.165, 1.54) is 11.1 Å². The summed E-state index contributed by atoms with van der Waals surface area (Å²) in [5.41, 5.74) is 2.84. The van der Waals surface area contributed by atoms with Crippen LogP contribution in [-0.2, 0) is 27.1 Å². The summed E-state index contributed by atoms with van der Waals surface area (Å²) in [4.78, 5) is 18.1.